The number of phenolic OH excluding ortho intramolecular Hbond substituents is 1. The SMILES string of the molecule is CS(=O)(=O)c1cc(F)ccc1O. The van der Waals surface area contributed by atoms with Gasteiger partial charge in [0.2, 0.25) is 0 Å². The molecule has 1 aromatic carbocycles. The summed E-state index contributed by atoms with van der Waals surface area (Å²) in [7, 11) is -3.55. The van der Waals surface area contributed by atoms with E-state index in [2.05, 4.69) is 0 Å². The number of sulfone groups is 1. The molecule has 0 amide bonds. The molecule has 1 N–H and O–H groups in total. The third-order valence-electron chi connectivity index (χ3n) is 1.32. The average molecular weight is 190 g/mol. The fourth-order valence-electron chi connectivity index (χ4n) is 0.785. The summed E-state index contributed by atoms with van der Waals surface area (Å²) in [6, 6.07) is 2.78. The molecule has 5 heteroatoms. The summed E-state index contributed by atoms with van der Waals surface area (Å²) in [4.78, 5) is -0.387. The third kappa shape index (κ3) is 1.73. The van der Waals surface area contributed by atoms with Crippen LogP contribution in [0.5, 0.6) is 5.75 Å². The highest BCUT2D eigenvalue weighted by atomic mass is 32.2. The van der Waals surface area contributed by atoms with E-state index in [1.54, 1.807) is 0 Å². The monoisotopic (exact) mass is 190 g/mol. The van der Waals surface area contributed by atoms with E-state index in [-0.39, 0.29) is 4.90 Å². The molecule has 0 heterocycles. The average Bonchev–Trinajstić information content (AvgIpc) is 1.92. The quantitative estimate of drug-likeness (QED) is 0.716. The number of phenols is 1. The number of halogens is 1. The second-order valence-electron chi connectivity index (χ2n) is 2.38. The molecule has 0 saturated carbocycles. The van der Waals surface area contributed by atoms with Crippen LogP contribution in [0.3, 0.4) is 0 Å². The molecule has 12 heavy (non-hydrogen) atoms. The molecule has 0 atom stereocenters. The Morgan fingerprint density at radius 2 is 2.00 bits per heavy atom. The Bertz CT molecular complexity index is 397. The fourth-order valence-corrected chi connectivity index (χ4v) is 1.56. The molecule has 0 aliphatic carbocycles. The van der Waals surface area contributed by atoms with Crippen molar-refractivity contribution >= 4 is 9.84 Å². The summed E-state index contributed by atoms with van der Waals surface area (Å²) in [6.07, 6.45) is 0.904. The van der Waals surface area contributed by atoms with Crippen LogP contribution in [0.1, 0.15) is 0 Å². The van der Waals surface area contributed by atoms with Gasteiger partial charge in [-0.1, -0.05) is 0 Å². The van der Waals surface area contributed by atoms with Gasteiger partial charge in [0.05, 0.1) is 0 Å². The Balaban J connectivity index is 3.43. The zero-order valence-electron chi connectivity index (χ0n) is 6.28. The fraction of sp³-hybridized carbons (Fsp3) is 0.143. The molecule has 0 spiro atoms. The normalized spacial score (nSPS) is 11.5. The van der Waals surface area contributed by atoms with E-state index in [9.17, 15) is 12.8 Å². The van der Waals surface area contributed by atoms with Crippen LogP contribution in [0, 0.1) is 5.82 Å². The Morgan fingerprint density at radius 1 is 1.42 bits per heavy atom. The van der Waals surface area contributed by atoms with Crippen LogP contribution < -0.4 is 0 Å². The Kier molecular flexibility index (Phi) is 2.06. The first-order chi connectivity index (χ1) is 5.41. The summed E-state index contributed by atoms with van der Waals surface area (Å²) in [5, 5.41) is 9.02. The lowest BCUT2D eigenvalue weighted by Crippen LogP contribution is -1.97. The highest BCUT2D eigenvalue weighted by molar-refractivity contribution is 7.90. The van der Waals surface area contributed by atoms with E-state index >= 15 is 0 Å². The molecule has 0 fully saturated rings. The summed E-state index contributed by atoms with van der Waals surface area (Å²) < 4.78 is 34.3. The second kappa shape index (κ2) is 2.75. The van der Waals surface area contributed by atoms with Crippen LogP contribution >= 0.6 is 0 Å². The first kappa shape index (κ1) is 8.99. The lowest BCUT2D eigenvalue weighted by molar-refractivity contribution is 0.455. The van der Waals surface area contributed by atoms with Gasteiger partial charge in [0, 0.05) is 6.26 Å². The zero-order valence-corrected chi connectivity index (χ0v) is 7.10. The van der Waals surface area contributed by atoms with Gasteiger partial charge in [-0.2, -0.15) is 0 Å². The standard InChI is InChI=1S/C7H7FO3S/c1-12(10,11)7-4-5(8)2-3-6(7)9/h2-4,9H,1H3. The molecule has 0 radical (unpaired) electrons. The summed E-state index contributed by atoms with van der Waals surface area (Å²) in [6.45, 7) is 0. The minimum absolute atomic E-state index is 0.387. The van der Waals surface area contributed by atoms with Crippen molar-refractivity contribution in [3.63, 3.8) is 0 Å². The van der Waals surface area contributed by atoms with Crippen molar-refractivity contribution in [1.82, 2.24) is 0 Å². The predicted molar refractivity (Wildman–Crippen MR) is 41.2 cm³/mol. The van der Waals surface area contributed by atoms with E-state index in [0.717, 1.165) is 24.5 Å². The van der Waals surface area contributed by atoms with Crippen LogP contribution in [0.25, 0.3) is 0 Å². The van der Waals surface area contributed by atoms with E-state index in [1.165, 1.54) is 0 Å². The number of hydrogen-bond donors (Lipinski definition) is 1. The van der Waals surface area contributed by atoms with Crippen LogP contribution in [0.15, 0.2) is 23.1 Å². The predicted octanol–water partition coefficient (Wildman–Crippen LogP) is 0.935. The molecule has 0 aliphatic rings. The maximum atomic E-state index is 12.5. The van der Waals surface area contributed by atoms with Crippen LogP contribution in [0.4, 0.5) is 4.39 Å². The van der Waals surface area contributed by atoms with Gasteiger partial charge in [0.25, 0.3) is 0 Å². The van der Waals surface area contributed by atoms with Crippen LogP contribution in [-0.4, -0.2) is 19.8 Å². The first-order valence-electron chi connectivity index (χ1n) is 3.10. The maximum absolute atomic E-state index is 12.5. The smallest absolute Gasteiger partial charge is 0.179 e. The maximum Gasteiger partial charge on any atom is 0.179 e. The number of rotatable bonds is 1. The Morgan fingerprint density at radius 3 is 2.42 bits per heavy atom. The molecule has 0 unspecified atom stereocenters. The van der Waals surface area contributed by atoms with Crippen molar-refractivity contribution < 1.29 is 17.9 Å². The highest BCUT2D eigenvalue weighted by Gasteiger charge is 2.13. The van der Waals surface area contributed by atoms with Gasteiger partial charge in [-0.05, 0) is 18.2 Å². The van der Waals surface area contributed by atoms with Gasteiger partial charge in [-0.3, -0.25) is 0 Å². The van der Waals surface area contributed by atoms with Gasteiger partial charge in [-0.15, -0.1) is 0 Å². The number of benzene rings is 1. The van der Waals surface area contributed by atoms with E-state index in [1.807, 2.05) is 0 Å². The lowest BCUT2D eigenvalue weighted by Gasteiger charge is -2.00. The summed E-state index contributed by atoms with van der Waals surface area (Å²) >= 11 is 0. The van der Waals surface area contributed by atoms with Gasteiger partial charge in [-0.25, -0.2) is 12.8 Å². The van der Waals surface area contributed by atoms with Gasteiger partial charge in [0.15, 0.2) is 9.84 Å². The zero-order chi connectivity index (χ0) is 9.35. The molecule has 1 aromatic rings. The molecule has 0 bridgehead atoms. The minimum atomic E-state index is -3.55. The van der Waals surface area contributed by atoms with E-state index in [0.29, 0.717) is 0 Å². The molecule has 66 valence electrons. The Labute approximate surface area is 69.4 Å². The minimum Gasteiger partial charge on any atom is -0.507 e. The molecule has 3 nitrogen and oxygen atoms in total. The first-order valence-corrected chi connectivity index (χ1v) is 4.99. The van der Waals surface area contributed by atoms with Gasteiger partial charge >= 0.3 is 0 Å². The second-order valence-corrected chi connectivity index (χ2v) is 4.37. The van der Waals surface area contributed by atoms with Gasteiger partial charge in [0.1, 0.15) is 16.5 Å². The lowest BCUT2D eigenvalue weighted by atomic mass is 10.3. The number of aromatic hydroxyl groups is 1. The topological polar surface area (TPSA) is 54.4 Å². The molecular weight excluding hydrogens is 183 g/mol. The molecular formula is C7H7FO3S. The summed E-state index contributed by atoms with van der Waals surface area (Å²) in [5.41, 5.74) is 0. The largest absolute Gasteiger partial charge is 0.507 e. The third-order valence-corrected chi connectivity index (χ3v) is 2.45. The van der Waals surface area contributed by atoms with Crippen LogP contribution in [-0.2, 0) is 9.84 Å². The van der Waals surface area contributed by atoms with E-state index in [4.69, 9.17) is 5.11 Å². The van der Waals surface area contributed by atoms with Crippen molar-refractivity contribution in [1.29, 1.82) is 0 Å². The molecule has 0 aliphatic heterocycles. The molecule has 0 aromatic heterocycles. The van der Waals surface area contributed by atoms with Crippen molar-refractivity contribution in [3.05, 3.63) is 24.0 Å². The summed E-state index contributed by atoms with van der Waals surface area (Å²) in [5.74, 6) is -1.12. The van der Waals surface area contributed by atoms with Crippen LogP contribution in [0.2, 0.25) is 0 Å². The van der Waals surface area contributed by atoms with Crippen molar-refractivity contribution in [2.24, 2.45) is 0 Å². The number of hydrogen-bond acceptors (Lipinski definition) is 3. The highest BCUT2D eigenvalue weighted by Crippen LogP contribution is 2.22. The molecule has 1 rings (SSSR count). The van der Waals surface area contributed by atoms with Crippen molar-refractivity contribution in [3.8, 4) is 5.75 Å². The van der Waals surface area contributed by atoms with Crippen molar-refractivity contribution in [2.75, 3.05) is 6.26 Å². The van der Waals surface area contributed by atoms with Gasteiger partial charge < -0.3 is 5.11 Å². The molecule has 0 saturated heterocycles. The Hall–Kier alpha value is -1.10. The van der Waals surface area contributed by atoms with E-state index < -0.39 is 21.4 Å². The van der Waals surface area contributed by atoms with Crippen molar-refractivity contribution in [2.45, 2.75) is 4.90 Å².